The number of benzene rings is 1. The van der Waals surface area contributed by atoms with E-state index in [9.17, 15) is 4.39 Å². The van der Waals surface area contributed by atoms with Gasteiger partial charge in [-0.1, -0.05) is 11.6 Å². The van der Waals surface area contributed by atoms with Gasteiger partial charge in [0.25, 0.3) is 0 Å². The summed E-state index contributed by atoms with van der Waals surface area (Å²) in [6.45, 7) is 0. The van der Waals surface area contributed by atoms with Gasteiger partial charge < -0.3 is 5.32 Å². The molecule has 0 saturated heterocycles. The topological polar surface area (TPSA) is 66.5 Å². The Morgan fingerprint density at radius 3 is 2.84 bits per heavy atom. The Morgan fingerprint density at radius 1 is 1.21 bits per heavy atom. The molecule has 2 heterocycles. The standard InChI is InChI=1S/C11H6Cl2FN5/c12-7-3-5(14)1-2-8(7)16-9-6-4-15-19-10(6)18-11(13)17-9/h1-4H,(H2,15,16,17,18,19). The molecule has 96 valence electrons. The van der Waals surface area contributed by atoms with Crippen LogP contribution in [0.5, 0.6) is 0 Å². The van der Waals surface area contributed by atoms with E-state index in [4.69, 9.17) is 23.2 Å². The van der Waals surface area contributed by atoms with Crippen LogP contribution in [0.4, 0.5) is 15.9 Å². The summed E-state index contributed by atoms with van der Waals surface area (Å²) >= 11 is 11.8. The van der Waals surface area contributed by atoms with Crippen LogP contribution in [-0.2, 0) is 0 Å². The highest BCUT2D eigenvalue weighted by Crippen LogP contribution is 2.28. The number of nitrogens with one attached hydrogen (secondary N) is 2. The highest BCUT2D eigenvalue weighted by molar-refractivity contribution is 6.33. The fourth-order valence-electron chi connectivity index (χ4n) is 1.62. The first-order valence-electron chi connectivity index (χ1n) is 5.22. The molecule has 0 spiro atoms. The van der Waals surface area contributed by atoms with Crippen molar-refractivity contribution in [3.8, 4) is 0 Å². The molecule has 0 amide bonds. The van der Waals surface area contributed by atoms with Gasteiger partial charge in [-0.15, -0.1) is 0 Å². The van der Waals surface area contributed by atoms with Crippen molar-refractivity contribution >= 4 is 45.7 Å². The summed E-state index contributed by atoms with van der Waals surface area (Å²) in [5.74, 6) is 0.0296. The van der Waals surface area contributed by atoms with Crippen molar-refractivity contribution in [1.29, 1.82) is 0 Å². The summed E-state index contributed by atoms with van der Waals surface area (Å²) in [6, 6.07) is 4.02. The Kier molecular flexibility index (Phi) is 2.96. The predicted octanol–water partition coefficient (Wildman–Crippen LogP) is 3.54. The van der Waals surface area contributed by atoms with Crippen LogP contribution >= 0.6 is 23.2 Å². The molecule has 5 nitrogen and oxygen atoms in total. The van der Waals surface area contributed by atoms with Gasteiger partial charge in [-0.25, -0.2) is 4.39 Å². The molecule has 2 N–H and O–H groups in total. The molecular weight excluding hydrogens is 292 g/mol. The Balaban J connectivity index is 2.07. The van der Waals surface area contributed by atoms with Gasteiger partial charge in [-0.3, -0.25) is 5.10 Å². The summed E-state index contributed by atoms with van der Waals surface area (Å²) < 4.78 is 13.0. The zero-order chi connectivity index (χ0) is 13.4. The molecule has 19 heavy (non-hydrogen) atoms. The third kappa shape index (κ3) is 2.32. The van der Waals surface area contributed by atoms with Crippen molar-refractivity contribution in [2.45, 2.75) is 0 Å². The summed E-state index contributed by atoms with van der Waals surface area (Å²) in [5.41, 5.74) is 1.01. The van der Waals surface area contributed by atoms with E-state index >= 15 is 0 Å². The lowest BCUT2D eigenvalue weighted by Crippen LogP contribution is -1.97. The second kappa shape index (κ2) is 4.64. The number of aromatic amines is 1. The molecule has 0 aliphatic heterocycles. The minimum atomic E-state index is -0.412. The van der Waals surface area contributed by atoms with E-state index in [1.807, 2.05) is 0 Å². The molecular formula is C11H6Cl2FN5. The lowest BCUT2D eigenvalue weighted by Gasteiger charge is -2.08. The minimum absolute atomic E-state index is 0.0671. The predicted molar refractivity (Wildman–Crippen MR) is 71.4 cm³/mol. The third-order valence-electron chi connectivity index (χ3n) is 2.47. The fourth-order valence-corrected chi connectivity index (χ4v) is 2.00. The van der Waals surface area contributed by atoms with Crippen LogP contribution < -0.4 is 5.32 Å². The van der Waals surface area contributed by atoms with Gasteiger partial charge in [0.2, 0.25) is 5.28 Å². The Bertz CT molecular complexity index is 758. The highest BCUT2D eigenvalue weighted by atomic mass is 35.5. The quantitative estimate of drug-likeness (QED) is 0.710. The van der Waals surface area contributed by atoms with Gasteiger partial charge in [0.05, 0.1) is 22.3 Å². The van der Waals surface area contributed by atoms with Crippen molar-refractivity contribution in [3.05, 3.63) is 40.5 Å². The molecule has 0 saturated carbocycles. The largest absolute Gasteiger partial charge is 0.338 e. The molecule has 0 unspecified atom stereocenters. The van der Waals surface area contributed by atoms with Gasteiger partial charge in [-0.2, -0.15) is 15.1 Å². The number of aromatic nitrogens is 4. The maximum atomic E-state index is 13.0. The van der Waals surface area contributed by atoms with E-state index in [2.05, 4.69) is 25.5 Å². The molecule has 0 aliphatic carbocycles. The lowest BCUT2D eigenvalue weighted by atomic mass is 10.3. The monoisotopic (exact) mass is 297 g/mol. The van der Waals surface area contributed by atoms with Crippen molar-refractivity contribution in [2.75, 3.05) is 5.32 Å². The first-order chi connectivity index (χ1) is 9.13. The van der Waals surface area contributed by atoms with Crippen molar-refractivity contribution in [2.24, 2.45) is 0 Å². The summed E-state index contributed by atoms with van der Waals surface area (Å²) in [6.07, 6.45) is 1.56. The van der Waals surface area contributed by atoms with Gasteiger partial charge >= 0.3 is 0 Å². The lowest BCUT2D eigenvalue weighted by molar-refractivity contribution is 0.628. The number of hydrogen-bond donors (Lipinski definition) is 2. The molecule has 0 bridgehead atoms. The van der Waals surface area contributed by atoms with Gasteiger partial charge in [0.1, 0.15) is 11.6 Å². The van der Waals surface area contributed by atoms with Crippen molar-refractivity contribution < 1.29 is 4.39 Å². The number of rotatable bonds is 2. The van der Waals surface area contributed by atoms with E-state index in [1.54, 1.807) is 6.20 Å². The van der Waals surface area contributed by atoms with Crippen LogP contribution in [0, 0.1) is 5.82 Å². The van der Waals surface area contributed by atoms with Crippen LogP contribution in [0.2, 0.25) is 10.3 Å². The van der Waals surface area contributed by atoms with E-state index in [1.165, 1.54) is 18.2 Å². The average Bonchev–Trinajstić information content (AvgIpc) is 2.80. The maximum Gasteiger partial charge on any atom is 0.226 e. The number of halogens is 3. The molecule has 8 heteroatoms. The van der Waals surface area contributed by atoms with Crippen LogP contribution in [0.25, 0.3) is 11.0 Å². The highest BCUT2D eigenvalue weighted by Gasteiger charge is 2.10. The Morgan fingerprint density at radius 2 is 2.05 bits per heavy atom. The molecule has 0 fully saturated rings. The first-order valence-corrected chi connectivity index (χ1v) is 5.98. The summed E-state index contributed by atoms with van der Waals surface area (Å²) in [4.78, 5) is 8.04. The molecule has 3 aromatic rings. The molecule has 0 aliphatic rings. The van der Waals surface area contributed by atoms with E-state index in [0.29, 0.717) is 22.5 Å². The minimum Gasteiger partial charge on any atom is -0.338 e. The first kappa shape index (κ1) is 12.1. The zero-order valence-electron chi connectivity index (χ0n) is 9.28. The summed E-state index contributed by atoms with van der Waals surface area (Å²) in [5, 5.41) is 10.5. The van der Waals surface area contributed by atoms with Crippen molar-refractivity contribution in [3.63, 3.8) is 0 Å². The molecule has 2 aromatic heterocycles. The second-order valence-electron chi connectivity index (χ2n) is 3.72. The average molecular weight is 298 g/mol. The molecule has 0 atom stereocenters. The number of nitrogens with zero attached hydrogens (tertiary/aromatic N) is 3. The van der Waals surface area contributed by atoms with E-state index < -0.39 is 5.82 Å². The van der Waals surface area contributed by atoms with Gasteiger partial charge in [0.15, 0.2) is 5.65 Å². The van der Waals surface area contributed by atoms with Crippen molar-refractivity contribution in [1.82, 2.24) is 20.2 Å². The smallest absolute Gasteiger partial charge is 0.226 e. The fraction of sp³-hybridized carbons (Fsp3) is 0. The Labute approximate surface area is 116 Å². The number of hydrogen-bond acceptors (Lipinski definition) is 4. The van der Waals surface area contributed by atoms with Gasteiger partial charge in [0, 0.05) is 0 Å². The SMILES string of the molecule is Fc1ccc(Nc2nc(Cl)nc3[nH]ncc23)c(Cl)c1. The Hall–Kier alpha value is -1.92. The zero-order valence-corrected chi connectivity index (χ0v) is 10.8. The van der Waals surface area contributed by atoms with Crippen LogP contribution in [0.3, 0.4) is 0 Å². The molecule has 0 radical (unpaired) electrons. The van der Waals surface area contributed by atoms with E-state index in [0.717, 1.165) is 0 Å². The number of H-pyrrole nitrogens is 1. The second-order valence-corrected chi connectivity index (χ2v) is 4.47. The maximum absolute atomic E-state index is 13.0. The number of anilines is 2. The molecule has 3 rings (SSSR count). The van der Waals surface area contributed by atoms with E-state index in [-0.39, 0.29) is 10.3 Å². The van der Waals surface area contributed by atoms with Gasteiger partial charge in [-0.05, 0) is 29.8 Å². The van der Waals surface area contributed by atoms with Crippen LogP contribution in [0.15, 0.2) is 24.4 Å². The number of fused-ring (bicyclic) bond motifs is 1. The van der Waals surface area contributed by atoms with Crippen LogP contribution in [-0.4, -0.2) is 20.2 Å². The normalized spacial score (nSPS) is 10.9. The van der Waals surface area contributed by atoms with Crippen LogP contribution in [0.1, 0.15) is 0 Å². The third-order valence-corrected chi connectivity index (χ3v) is 2.95. The summed E-state index contributed by atoms with van der Waals surface area (Å²) in [7, 11) is 0. The molecule has 1 aromatic carbocycles.